The highest BCUT2D eigenvalue weighted by molar-refractivity contribution is 4.85. The minimum atomic E-state index is 0.182. The van der Waals surface area contributed by atoms with E-state index in [1.807, 2.05) is 0 Å². The maximum Gasteiger partial charge on any atom is 0.0140 e. The first-order chi connectivity index (χ1) is 10.7. The monoisotopic (exact) mass is 326 g/mol. The van der Waals surface area contributed by atoms with Crippen LogP contribution in [0.25, 0.3) is 0 Å². The van der Waals surface area contributed by atoms with E-state index in [9.17, 15) is 0 Å². The Bertz CT molecular complexity index is 327. The minimum absolute atomic E-state index is 0.182. The van der Waals surface area contributed by atoms with Crippen LogP contribution in [0.1, 0.15) is 67.7 Å². The van der Waals surface area contributed by atoms with E-state index >= 15 is 0 Å². The van der Waals surface area contributed by atoms with Crippen LogP contribution < -0.4 is 16.0 Å². The Labute approximate surface area is 145 Å². The molecule has 4 heteroatoms. The van der Waals surface area contributed by atoms with E-state index in [1.54, 1.807) is 0 Å². The summed E-state index contributed by atoms with van der Waals surface area (Å²) < 4.78 is 0. The molecule has 23 heavy (non-hydrogen) atoms. The van der Waals surface area contributed by atoms with E-state index in [0.29, 0.717) is 12.1 Å². The van der Waals surface area contributed by atoms with Crippen LogP contribution in [0.5, 0.6) is 0 Å². The summed E-state index contributed by atoms with van der Waals surface area (Å²) in [7, 11) is 0. The van der Waals surface area contributed by atoms with Crippen molar-refractivity contribution in [3.63, 3.8) is 0 Å². The standard InChI is InChI=1S/C19H42N4/c1-8-23-14-13-22-19(6,7)15-16(2)20-11-12-21-18(4,5)10-9-17(23)3/h16-17,20-22H,8-15H2,1-7H3/t16?,17-/m1/s1. The molecule has 0 aromatic carbocycles. The summed E-state index contributed by atoms with van der Waals surface area (Å²) in [5.41, 5.74) is 0.401. The lowest BCUT2D eigenvalue weighted by Crippen LogP contribution is -2.48. The van der Waals surface area contributed by atoms with Gasteiger partial charge >= 0.3 is 0 Å². The molecule has 0 saturated carbocycles. The average Bonchev–Trinajstić information content (AvgIpc) is 2.45. The Morgan fingerprint density at radius 3 is 2.26 bits per heavy atom. The molecule has 1 heterocycles. The number of hydrogen-bond acceptors (Lipinski definition) is 4. The van der Waals surface area contributed by atoms with Crippen LogP contribution in [-0.2, 0) is 0 Å². The Morgan fingerprint density at radius 1 is 0.957 bits per heavy atom. The highest BCUT2D eigenvalue weighted by Gasteiger charge is 2.23. The Morgan fingerprint density at radius 2 is 1.61 bits per heavy atom. The molecule has 1 rings (SSSR count). The van der Waals surface area contributed by atoms with Crippen molar-refractivity contribution in [2.45, 2.75) is 90.9 Å². The van der Waals surface area contributed by atoms with E-state index in [1.165, 1.54) is 12.8 Å². The summed E-state index contributed by atoms with van der Waals surface area (Å²) in [4.78, 5) is 2.61. The lowest BCUT2D eigenvalue weighted by atomic mass is 9.95. The molecule has 1 fully saturated rings. The lowest BCUT2D eigenvalue weighted by molar-refractivity contribution is 0.187. The molecule has 0 aromatic rings. The van der Waals surface area contributed by atoms with Gasteiger partial charge in [-0.3, -0.25) is 4.90 Å². The molecule has 4 nitrogen and oxygen atoms in total. The first kappa shape index (κ1) is 20.9. The van der Waals surface area contributed by atoms with Gasteiger partial charge in [-0.05, 0) is 67.3 Å². The highest BCUT2D eigenvalue weighted by atomic mass is 15.2. The van der Waals surface area contributed by atoms with Crippen molar-refractivity contribution in [3.05, 3.63) is 0 Å². The third-order valence-corrected chi connectivity index (χ3v) is 5.26. The summed E-state index contributed by atoms with van der Waals surface area (Å²) in [6.45, 7) is 21.7. The summed E-state index contributed by atoms with van der Waals surface area (Å²) in [5, 5.41) is 11.2. The second-order valence-electron chi connectivity index (χ2n) is 8.70. The zero-order chi connectivity index (χ0) is 17.5. The fourth-order valence-electron chi connectivity index (χ4n) is 3.70. The van der Waals surface area contributed by atoms with Gasteiger partial charge in [0.05, 0.1) is 0 Å². The number of nitrogens with one attached hydrogen (secondary N) is 3. The Hall–Kier alpha value is -0.160. The highest BCUT2D eigenvalue weighted by Crippen LogP contribution is 2.16. The predicted octanol–water partition coefficient (Wildman–Crippen LogP) is 2.60. The molecule has 138 valence electrons. The van der Waals surface area contributed by atoms with Crippen molar-refractivity contribution in [2.24, 2.45) is 0 Å². The topological polar surface area (TPSA) is 39.3 Å². The normalized spacial score (nSPS) is 32.0. The van der Waals surface area contributed by atoms with Crippen molar-refractivity contribution in [1.82, 2.24) is 20.9 Å². The molecule has 0 aliphatic carbocycles. The number of likely N-dealkylation sites (N-methyl/N-ethyl adjacent to an activating group) is 1. The van der Waals surface area contributed by atoms with Crippen molar-refractivity contribution < 1.29 is 0 Å². The van der Waals surface area contributed by atoms with Gasteiger partial charge in [0.2, 0.25) is 0 Å². The largest absolute Gasteiger partial charge is 0.313 e. The van der Waals surface area contributed by atoms with Gasteiger partial charge in [0.15, 0.2) is 0 Å². The second kappa shape index (κ2) is 9.36. The first-order valence-corrected chi connectivity index (χ1v) is 9.63. The molecule has 1 aliphatic heterocycles. The van der Waals surface area contributed by atoms with Gasteiger partial charge < -0.3 is 16.0 Å². The zero-order valence-electron chi connectivity index (χ0n) is 16.8. The van der Waals surface area contributed by atoms with Gasteiger partial charge in [0, 0.05) is 49.3 Å². The van der Waals surface area contributed by atoms with Crippen LogP contribution in [0.15, 0.2) is 0 Å². The van der Waals surface area contributed by atoms with Gasteiger partial charge in [-0.25, -0.2) is 0 Å². The first-order valence-electron chi connectivity index (χ1n) is 9.63. The third-order valence-electron chi connectivity index (χ3n) is 5.26. The SMILES string of the molecule is CCN1CCNC(C)(C)CC(C)NCCNC(C)(C)CC[C@H]1C. The maximum absolute atomic E-state index is 3.76. The third kappa shape index (κ3) is 8.48. The molecule has 1 unspecified atom stereocenters. The molecule has 0 aromatic heterocycles. The molecule has 3 N–H and O–H groups in total. The van der Waals surface area contributed by atoms with E-state index in [-0.39, 0.29) is 11.1 Å². The van der Waals surface area contributed by atoms with Crippen molar-refractivity contribution in [2.75, 3.05) is 32.7 Å². The average molecular weight is 327 g/mol. The van der Waals surface area contributed by atoms with Crippen LogP contribution in [0.4, 0.5) is 0 Å². The second-order valence-corrected chi connectivity index (χ2v) is 8.70. The van der Waals surface area contributed by atoms with Crippen LogP contribution in [-0.4, -0.2) is 60.8 Å². The van der Waals surface area contributed by atoms with E-state index < -0.39 is 0 Å². The van der Waals surface area contributed by atoms with Gasteiger partial charge in [0.25, 0.3) is 0 Å². The lowest BCUT2D eigenvalue weighted by Gasteiger charge is -2.33. The van der Waals surface area contributed by atoms with Crippen molar-refractivity contribution >= 4 is 0 Å². The minimum Gasteiger partial charge on any atom is -0.313 e. The van der Waals surface area contributed by atoms with Crippen LogP contribution in [0.2, 0.25) is 0 Å². The summed E-state index contributed by atoms with van der Waals surface area (Å²) in [5.74, 6) is 0. The van der Waals surface area contributed by atoms with Crippen molar-refractivity contribution in [1.29, 1.82) is 0 Å². The molecule has 1 saturated heterocycles. The van der Waals surface area contributed by atoms with E-state index in [0.717, 1.165) is 39.1 Å². The molecule has 0 spiro atoms. The molecular weight excluding hydrogens is 284 g/mol. The quantitative estimate of drug-likeness (QED) is 0.693. The molecule has 2 atom stereocenters. The smallest absolute Gasteiger partial charge is 0.0140 e. The number of rotatable bonds is 1. The van der Waals surface area contributed by atoms with Gasteiger partial charge in [-0.2, -0.15) is 0 Å². The van der Waals surface area contributed by atoms with Crippen LogP contribution in [0.3, 0.4) is 0 Å². The molecule has 0 amide bonds. The van der Waals surface area contributed by atoms with Gasteiger partial charge in [-0.15, -0.1) is 0 Å². The molecule has 0 bridgehead atoms. The van der Waals surface area contributed by atoms with E-state index in [4.69, 9.17) is 0 Å². The molecule has 0 radical (unpaired) electrons. The molecular formula is C19H42N4. The number of hydrogen-bond donors (Lipinski definition) is 3. The van der Waals surface area contributed by atoms with Crippen LogP contribution >= 0.6 is 0 Å². The Balaban J connectivity index is 2.70. The predicted molar refractivity (Wildman–Crippen MR) is 102 cm³/mol. The summed E-state index contributed by atoms with van der Waals surface area (Å²) in [6.07, 6.45) is 3.62. The Kier molecular flexibility index (Phi) is 8.50. The summed E-state index contributed by atoms with van der Waals surface area (Å²) >= 11 is 0. The fraction of sp³-hybridized carbons (Fsp3) is 1.00. The van der Waals surface area contributed by atoms with E-state index in [2.05, 4.69) is 69.3 Å². The summed E-state index contributed by atoms with van der Waals surface area (Å²) in [6, 6.07) is 1.18. The van der Waals surface area contributed by atoms with Crippen molar-refractivity contribution in [3.8, 4) is 0 Å². The van der Waals surface area contributed by atoms with Gasteiger partial charge in [0.1, 0.15) is 0 Å². The maximum atomic E-state index is 3.76. The number of nitrogens with zero attached hydrogens (tertiary/aromatic N) is 1. The van der Waals surface area contributed by atoms with Gasteiger partial charge in [-0.1, -0.05) is 6.92 Å². The van der Waals surface area contributed by atoms with Crippen LogP contribution in [0, 0.1) is 0 Å². The fourth-order valence-corrected chi connectivity index (χ4v) is 3.70. The zero-order valence-corrected chi connectivity index (χ0v) is 16.8. The molecule has 1 aliphatic rings.